The van der Waals surface area contributed by atoms with Gasteiger partial charge in [0.2, 0.25) is 0 Å². The number of carbonyl (C=O) groups excluding carboxylic acids is 1. The van der Waals surface area contributed by atoms with E-state index in [0.29, 0.717) is 12.5 Å². The first-order valence-corrected chi connectivity index (χ1v) is 4.81. The maximum atomic E-state index is 10.0. The van der Waals surface area contributed by atoms with E-state index in [-0.39, 0.29) is 0 Å². The molecule has 0 heterocycles. The number of methoxy groups -OCH3 is 1. The molecule has 0 saturated carbocycles. The highest BCUT2D eigenvalue weighted by atomic mass is 16.5. The Morgan fingerprint density at radius 2 is 2.08 bits per heavy atom. The molecular formula is C10H20O2. The first kappa shape index (κ1) is 11.6. The van der Waals surface area contributed by atoms with E-state index < -0.39 is 0 Å². The summed E-state index contributed by atoms with van der Waals surface area (Å²) < 4.78 is 5.28. The summed E-state index contributed by atoms with van der Waals surface area (Å²) in [4.78, 5) is 10.0. The summed E-state index contributed by atoms with van der Waals surface area (Å²) in [5.74, 6) is 0. The first-order chi connectivity index (χ1) is 5.85. The summed E-state index contributed by atoms with van der Waals surface area (Å²) in [5, 5.41) is 0. The van der Waals surface area contributed by atoms with Crippen molar-refractivity contribution in [3.05, 3.63) is 0 Å². The lowest BCUT2D eigenvalue weighted by molar-refractivity contribution is -0.108. The van der Waals surface area contributed by atoms with Crippen LogP contribution in [0.15, 0.2) is 0 Å². The lowest BCUT2D eigenvalue weighted by Gasteiger charge is -2.13. The Hall–Kier alpha value is -0.370. The molecule has 0 aliphatic carbocycles. The maximum Gasteiger partial charge on any atom is 0.119 e. The van der Waals surface area contributed by atoms with Gasteiger partial charge in [-0.1, -0.05) is 19.8 Å². The van der Waals surface area contributed by atoms with Gasteiger partial charge in [-0.3, -0.25) is 0 Å². The van der Waals surface area contributed by atoms with Gasteiger partial charge in [0.1, 0.15) is 6.29 Å². The third-order valence-electron chi connectivity index (χ3n) is 2.04. The Morgan fingerprint density at radius 3 is 2.58 bits per heavy atom. The molecule has 0 spiro atoms. The normalized spacial score (nSPS) is 12.8. The molecule has 0 aliphatic heterocycles. The standard InChI is InChI=1S/C10H20O2/c1-3-7-10(12-2)8-5-4-6-9-11/h9-10H,3-8H2,1-2H3. The fourth-order valence-corrected chi connectivity index (χ4v) is 1.30. The molecule has 0 rings (SSSR count). The highest BCUT2D eigenvalue weighted by Gasteiger charge is 2.04. The number of rotatable bonds is 8. The topological polar surface area (TPSA) is 26.3 Å². The summed E-state index contributed by atoms with van der Waals surface area (Å²) in [5.41, 5.74) is 0. The number of hydrogen-bond acceptors (Lipinski definition) is 2. The summed E-state index contributed by atoms with van der Waals surface area (Å²) in [6.45, 7) is 2.16. The molecule has 0 radical (unpaired) electrons. The highest BCUT2D eigenvalue weighted by Crippen LogP contribution is 2.10. The van der Waals surface area contributed by atoms with Crippen molar-refractivity contribution in [2.75, 3.05) is 7.11 Å². The summed E-state index contributed by atoms with van der Waals surface area (Å²) in [7, 11) is 1.76. The average Bonchev–Trinajstić information content (AvgIpc) is 2.10. The molecule has 0 aromatic rings. The van der Waals surface area contributed by atoms with Crippen molar-refractivity contribution in [1.29, 1.82) is 0 Å². The van der Waals surface area contributed by atoms with Crippen molar-refractivity contribution in [1.82, 2.24) is 0 Å². The Bertz CT molecular complexity index is 102. The number of unbranched alkanes of at least 4 members (excludes halogenated alkanes) is 2. The maximum absolute atomic E-state index is 10.0. The van der Waals surface area contributed by atoms with Crippen molar-refractivity contribution < 1.29 is 9.53 Å². The van der Waals surface area contributed by atoms with Crippen LogP contribution >= 0.6 is 0 Å². The van der Waals surface area contributed by atoms with Gasteiger partial charge < -0.3 is 9.53 Å². The molecule has 0 fully saturated rings. The molecule has 0 aliphatic rings. The molecule has 0 aromatic carbocycles. The van der Waals surface area contributed by atoms with Gasteiger partial charge in [0.25, 0.3) is 0 Å². The summed E-state index contributed by atoms with van der Waals surface area (Å²) in [6.07, 6.45) is 7.61. The van der Waals surface area contributed by atoms with Crippen molar-refractivity contribution in [3.8, 4) is 0 Å². The van der Waals surface area contributed by atoms with E-state index in [2.05, 4.69) is 6.92 Å². The van der Waals surface area contributed by atoms with Crippen molar-refractivity contribution in [3.63, 3.8) is 0 Å². The lowest BCUT2D eigenvalue weighted by Crippen LogP contribution is -2.09. The van der Waals surface area contributed by atoms with Crippen LogP contribution in [0.3, 0.4) is 0 Å². The fraction of sp³-hybridized carbons (Fsp3) is 0.900. The summed E-state index contributed by atoms with van der Waals surface area (Å²) >= 11 is 0. The zero-order valence-corrected chi connectivity index (χ0v) is 8.21. The van der Waals surface area contributed by atoms with Crippen LogP contribution in [0.25, 0.3) is 0 Å². The van der Waals surface area contributed by atoms with Gasteiger partial charge in [0.15, 0.2) is 0 Å². The van der Waals surface area contributed by atoms with E-state index in [1.165, 1.54) is 6.42 Å². The Kier molecular flexibility index (Phi) is 8.46. The van der Waals surface area contributed by atoms with E-state index in [1.54, 1.807) is 7.11 Å². The largest absolute Gasteiger partial charge is 0.381 e. The van der Waals surface area contributed by atoms with E-state index in [0.717, 1.165) is 32.0 Å². The van der Waals surface area contributed by atoms with E-state index in [1.807, 2.05) is 0 Å². The predicted molar refractivity (Wildman–Crippen MR) is 50.2 cm³/mol. The smallest absolute Gasteiger partial charge is 0.119 e. The second-order valence-electron chi connectivity index (χ2n) is 3.10. The Balaban J connectivity index is 3.24. The molecule has 2 nitrogen and oxygen atoms in total. The van der Waals surface area contributed by atoms with Crippen molar-refractivity contribution in [2.45, 2.75) is 51.6 Å². The van der Waals surface area contributed by atoms with Gasteiger partial charge in [-0.25, -0.2) is 0 Å². The monoisotopic (exact) mass is 172 g/mol. The van der Waals surface area contributed by atoms with Gasteiger partial charge in [-0.05, 0) is 19.3 Å². The molecule has 0 N–H and O–H groups in total. The zero-order chi connectivity index (χ0) is 9.23. The number of carbonyl (C=O) groups is 1. The molecule has 2 heteroatoms. The van der Waals surface area contributed by atoms with Crippen LogP contribution in [0, 0.1) is 0 Å². The molecule has 1 atom stereocenters. The van der Waals surface area contributed by atoms with Crippen LogP contribution in [0.4, 0.5) is 0 Å². The van der Waals surface area contributed by atoms with Crippen LogP contribution in [-0.4, -0.2) is 19.5 Å². The van der Waals surface area contributed by atoms with E-state index >= 15 is 0 Å². The fourth-order valence-electron chi connectivity index (χ4n) is 1.30. The van der Waals surface area contributed by atoms with Crippen molar-refractivity contribution in [2.24, 2.45) is 0 Å². The number of hydrogen-bond donors (Lipinski definition) is 0. The van der Waals surface area contributed by atoms with E-state index in [4.69, 9.17) is 4.74 Å². The van der Waals surface area contributed by atoms with Gasteiger partial charge in [-0.15, -0.1) is 0 Å². The minimum atomic E-state index is 0.404. The number of aldehydes is 1. The second kappa shape index (κ2) is 8.72. The number of ether oxygens (including phenoxy) is 1. The quantitative estimate of drug-likeness (QED) is 0.415. The van der Waals surface area contributed by atoms with Crippen molar-refractivity contribution >= 4 is 6.29 Å². The van der Waals surface area contributed by atoms with Crippen LogP contribution in [0.1, 0.15) is 45.4 Å². The Labute approximate surface area is 75.3 Å². The molecule has 0 saturated heterocycles. The Morgan fingerprint density at radius 1 is 1.33 bits per heavy atom. The second-order valence-corrected chi connectivity index (χ2v) is 3.10. The minimum Gasteiger partial charge on any atom is -0.381 e. The molecule has 0 aromatic heterocycles. The molecular weight excluding hydrogens is 152 g/mol. The van der Waals surface area contributed by atoms with Crippen LogP contribution in [0.5, 0.6) is 0 Å². The molecule has 0 bridgehead atoms. The van der Waals surface area contributed by atoms with Gasteiger partial charge in [-0.2, -0.15) is 0 Å². The first-order valence-electron chi connectivity index (χ1n) is 4.81. The van der Waals surface area contributed by atoms with Crippen LogP contribution in [-0.2, 0) is 9.53 Å². The van der Waals surface area contributed by atoms with E-state index in [9.17, 15) is 4.79 Å². The van der Waals surface area contributed by atoms with Gasteiger partial charge in [0.05, 0.1) is 6.10 Å². The molecule has 1 unspecified atom stereocenters. The SMILES string of the molecule is CCCC(CCCCC=O)OC. The molecule has 72 valence electrons. The predicted octanol–water partition coefficient (Wildman–Crippen LogP) is 2.56. The molecule has 0 amide bonds. The van der Waals surface area contributed by atoms with Gasteiger partial charge >= 0.3 is 0 Å². The minimum absolute atomic E-state index is 0.404. The van der Waals surface area contributed by atoms with Crippen LogP contribution < -0.4 is 0 Å². The van der Waals surface area contributed by atoms with Gasteiger partial charge in [0, 0.05) is 13.5 Å². The third kappa shape index (κ3) is 6.35. The molecule has 12 heavy (non-hydrogen) atoms. The average molecular weight is 172 g/mol. The lowest BCUT2D eigenvalue weighted by atomic mass is 10.1. The summed E-state index contributed by atoms with van der Waals surface area (Å²) in [6, 6.07) is 0. The highest BCUT2D eigenvalue weighted by molar-refractivity contribution is 5.48. The van der Waals surface area contributed by atoms with Crippen LogP contribution in [0.2, 0.25) is 0 Å². The third-order valence-corrected chi connectivity index (χ3v) is 2.04. The zero-order valence-electron chi connectivity index (χ0n) is 8.21.